The molecule has 0 aromatic heterocycles. The minimum Gasteiger partial charge on any atom is -0.369 e. The normalized spacial score (nSPS) is 20.5. The standard InChI is InChI=1S/C19H28N4O2/c24-18(15-6-4-5-7-15)20-11-12-21-19(25)22-16-10-13-23(14-16)17-8-2-1-3-9-17/h1-3,8-9,15-16H,4-7,10-14H2,(H,20,24)(H2,21,22,25). The first-order chi connectivity index (χ1) is 12.2. The number of amides is 3. The van der Waals surface area contributed by atoms with Crippen LogP contribution < -0.4 is 20.9 Å². The van der Waals surface area contributed by atoms with E-state index in [0.29, 0.717) is 13.1 Å². The van der Waals surface area contributed by atoms with Gasteiger partial charge in [-0.2, -0.15) is 0 Å². The molecule has 3 rings (SSSR count). The van der Waals surface area contributed by atoms with E-state index in [-0.39, 0.29) is 23.9 Å². The predicted molar refractivity (Wildman–Crippen MR) is 98.6 cm³/mol. The van der Waals surface area contributed by atoms with E-state index in [0.717, 1.165) is 45.2 Å². The van der Waals surface area contributed by atoms with Gasteiger partial charge in [0.15, 0.2) is 0 Å². The Labute approximate surface area is 149 Å². The van der Waals surface area contributed by atoms with E-state index in [1.165, 1.54) is 5.69 Å². The van der Waals surface area contributed by atoms with Gasteiger partial charge in [0, 0.05) is 43.8 Å². The Kier molecular flexibility index (Phi) is 6.14. The molecule has 1 aromatic rings. The van der Waals surface area contributed by atoms with Crippen LogP contribution in [0.1, 0.15) is 32.1 Å². The number of para-hydroxylation sites is 1. The highest BCUT2D eigenvalue weighted by Crippen LogP contribution is 2.24. The van der Waals surface area contributed by atoms with Crippen LogP contribution in [0, 0.1) is 5.92 Å². The molecule has 2 fully saturated rings. The Morgan fingerprint density at radius 1 is 1.00 bits per heavy atom. The minimum atomic E-state index is -0.157. The highest BCUT2D eigenvalue weighted by Gasteiger charge is 2.24. The van der Waals surface area contributed by atoms with Crippen LogP contribution in [0.25, 0.3) is 0 Å². The number of rotatable bonds is 6. The van der Waals surface area contributed by atoms with Gasteiger partial charge in [-0.1, -0.05) is 31.0 Å². The summed E-state index contributed by atoms with van der Waals surface area (Å²) < 4.78 is 0. The summed E-state index contributed by atoms with van der Waals surface area (Å²) in [4.78, 5) is 26.2. The number of urea groups is 1. The Hall–Kier alpha value is -2.24. The second-order valence-corrected chi connectivity index (χ2v) is 6.94. The van der Waals surface area contributed by atoms with Crippen molar-refractivity contribution < 1.29 is 9.59 Å². The third-order valence-electron chi connectivity index (χ3n) is 5.08. The Bertz CT molecular complexity index is 572. The summed E-state index contributed by atoms with van der Waals surface area (Å²) in [7, 11) is 0. The molecule has 3 N–H and O–H groups in total. The lowest BCUT2D eigenvalue weighted by molar-refractivity contribution is -0.124. The number of nitrogens with zero attached hydrogens (tertiary/aromatic N) is 1. The summed E-state index contributed by atoms with van der Waals surface area (Å²) in [6, 6.07) is 10.3. The van der Waals surface area contributed by atoms with Crippen molar-refractivity contribution in [2.75, 3.05) is 31.1 Å². The molecule has 1 atom stereocenters. The number of hydrogen-bond donors (Lipinski definition) is 3. The highest BCUT2D eigenvalue weighted by atomic mass is 16.2. The minimum absolute atomic E-state index is 0.133. The Morgan fingerprint density at radius 2 is 1.72 bits per heavy atom. The van der Waals surface area contributed by atoms with Gasteiger partial charge < -0.3 is 20.9 Å². The number of hydrogen-bond acceptors (Lipinski definition) is 3. The van der Waals surface area contributed by atoms with Gasteiger partial charge in [0.05, 0.1) is 0 Å². The van der Waals surface area contributed by atoms with Crippen molar-refractivity contribution in [3.05, 3.63) is 30.3 Å². The van der Waals surface area contributed by atoms with Crippen LogP contribution in [0.2, 0.25) is 0 Å². The molecule has 0 spiro atoms. The fourth-order valence-electron chi connectivity index (χ4n) is 3.68. The van der Waals surface area contributed by atoms with Crippen molar-refractivity contribution in [3.63, 3.8) is 0 Å². The summed E-state index contributed by atoms with van der Waals surface area (Å²) in [5.41, 5.74) is 1.20. The molecule has 6 heteroatoms. The third kappa shape index (κ3) is 5.11. The van der Waals surface area contributed by atoms with Gasteiger partial charge in [0.2, 0.25) is 5.91 Å². The molecule has 1 unspecified atom stereocenters. The second kappa shape index (κ2) is 8.74. The van der Waals surface area contributed by atoms with E-state index in [1.54, 1.807) is 0 Å². The smallest absolute Gasteiger partial charge is 0.315 e. The van der Waals surface area contributed by atoms with Crippen molar-refractivity contribution in [2.45, 2.75) is 38.1 Å². The summed E-state index contributed by atoms with van der Waals surface area (Å²) in [6.07, 6.45) is 5.25. The van der Waals surface area contributed by atoms with Crippen LogP contribution in [-0.4, -0.2) is 44.2 Å². The highest BCUT2D eigenvalue weighted by molar-refractivity contribution is 5.79. The SMILES string of the molecule is O=C(NCCNC(=O)C1CCCC1)NC1CCN(c2ccccc2)C1. The number of carbonyl (C=O) groups is 2. The zero-order chi connectivity index (χ0) is 17.5. The zero-order valence-electron chi connectivity index (χ0n) is 14.7. The fraction of sp³-hybridized carbons (Fsp3) is 0.579. The van der Waals surface area contributed by atoms with Crippen molar-refractivity contribution in [3.8, 4) is 0 Å². The van der Waals surface area contributed by atoms with E-state index >= 15 is 0 Å². The third-order valence-corrected chi connectivity index (χ3v) is 5.08. The first-order valence-corrected chi connectivity index (χ1v) is 9.34. The lowest BCUT2D eigenvalue weighted by Gasteiger charge is -2.19. The summed E-state index contributed by atoms with van der Waals surface area (Å²) in [5.74, 6) is 0.310. The topological polar surface area (TPSA) is 73.5 Å². The molecule has 1 saturated carbocycles. The molecule has 1 aliphatic heterocycles. The van der Waals surface area contributed by atoms with Gasteiger partial charge in [0.1, 0.15) is 0 Å². The first kappa shape index (κ1) is 17.6. The van der Waals surface area contributed by atoms with Gasteiger partial charge in [-0.15, -0.1) is 0 Å². The van der Waals surface area contributed by atoms with Crippen molar-refractivity contribution >= 4 is 17.6 Å². The van der Waals surface area contributed by atoms with Crippen LogP contribution in [0.15, 0.2) is 30.3 Å². The van der Waals surface area contributed by atoms with E-state index in [9.17, 15) is 9.59 Å². The average Bonchev–Trinajstić information content (AvgIpc) is 3.31. The van der Waals surface area contributed by atoms with Crippen LogP contribution >= 0.6 is 0 Å². The molecule has 136 valence electrons. The Morgan fingerprint density at radius 3 is 2.48 bits per heavy atom. The summed E-state index contributed by atoms with van der Waals surface area (Å²) in [5, 5.41) is 8.76. The monoisotopic (exact) mass is 344 g/mol. The lowest BCUT2D eigenvalue weighted by Crippen LogP contribution is -2.45. The number of anilines is 1. The van der Waals surface area contributed by atoms with E-state index in [2.05, 4.69) is 33.0 Å². The maximum atomic E-state index is 12.0. The number of carbonyl (C=O) groups excluding carboxylic acids is 2. The molecule has 0 radical (unpaired) electrons. The number of benzene rings is 1. The maximum absolute atomic E-state index is 12.0. The number of nitrogens with one attached hydrogen (secondary N) is 3. The molecule has 6 nitrogen and oxygen atoms in total. The molecule has 1 heterocycles. The van der Waals surface area contributed by atoms with Gasteiger partial charge in [-0.05, 0) is 31.4 Å². The largest absolute Gasteiger partial charge is 0.369 e. The van der Waals surface area contributed by atoms with E-state index in [4.69, 9.17) is 0 Å². The lowest BCUT2D eigenvalue weighted by atomic mass is 10.1. The van der Waals surface area contributed by atoms with Gasteiger partial charge >= 0.3 is 6.03 Å². The molecule has 3 amide bonds. The molecular weight excluding hydrogens is 316 g/mol. The average molecular weight is 344 g/mol. The second-order valence-electron chi connectivity index (χ2n) is 6.94. The molecule has 2 aliphatic rings. The van der Waals surface area contributed by atoms with Crippen LogP contribution in [0.4, 0.5) is 10.5 Å². The molecule has 1 saturated heterocycles. The molecule has 1 aliphatic carbocycles. The fourth-order valence-corrected chi connectivity index (χ4v) is 3.68. The van der Waals surface area contributed by atoms with E-state index < -0.39 is 0 Å². The van der Waals surface area contributed by atoms with Crippen molar-refractivity contribution in [1.82, 2.24) is 16.0 Å². The first-order valence-electron chi connectivity index (χ1n) is 9.34. The van der Waals surface area contributed by atoms with Gasteiger partial charge in [0.25, 0.3) is 0 Å². The Balaban J connectivity index is 1.30. The van der Waals surface area contributed by atoms with Crippen LogP contribution in [0.5, 0.6) is 0 Å². The van der Waals surface area contributed by atoms with Crippen LogP contribution in [-0.2, 0) is 4.79 Å². The zero-order valence-corrected chi connectivity index (χ0v) is 14.7. The summed E-state index contributed by atoms with van der Waals surface area (Å²) in [6.45, 7) is 2.73. The molecule has 1 aromatic carbocycles. The maximum Gasteiger partial charge on any atom is 0.315 e. The quantitative estimate of drug-likeness (QED) is 0.690. The van der Waals surface area contributed by atoms with Crippen molar-refractivity contribution in [2.24, 2.45) is 5.92 Å². The summed E-state index contributed by atoms with van der Waals surface area (Å²) >= 11 is 0. The van der Waals surface area contributed by atoms with E-state index in [1.807, 2.05) is 18.2 Å². The molecular formula is C19H28N4O2. The predicted octanol–water partition coefficient (Wildman–Crippen LogP) is 1.87. The van der Waals surface area contributed by atoms with Gasteiger partial charge in [-0.3, -0.25) is 4.79 Å². The van der Waals surface area contributed by atoms with Gasteiger partial charge in [-0.25, -0.2) is 4.79 Å². The van der Waals surface area contributed by atoms with Crippen LogP contribution in [0.3, 0.4) is 0 Å². The molecule has 0 bridgehead atoms. The van der Waals surface area contributed by atoms with Crippen molar-refractivity contribution in [1.29, 1.82) is 0 Å². The molecule has 25 heavy (non-hydrogen) atoms.